The molecule has 1 aliphatic rings. The van der Waals surface area contributed by atoms with Gasteiger partial charge in [-0.2, -0.15) is 0 Å². The van der Waals surface area contributed by atoms with Gasteiger partial charge >= 0.3 is 0 Å². The van der Waals surface area contributed by atoms with Crippen LogP contribution in [0.15, 0.2) is 53.1 Å². The van der Waals surface area contributed by atoms with Crippen molar-refractivity contribution in [2.45, 2.75) is 19.9 Å². The van der Waals surface area contributed by atoms with E-state index in [-0.39, 0.29) is 24.9 Å². The summed E-state index contributed by atoms with van der Waals surface area (Å²) in [5, 5.41) is 8.85. The minimum Gasteiger partial charge on any atom is -0.493 e. The van der Waals surface area contributed by atoms with Crippen LogP contribution in [-0.2, 0) is 16.1 Å². The van der Waals surface area contributed by atoms with Crippen LogP contribution in [0, 0.1) is 0 Å². The summed E-state index contributed by atoms with van der Waals surface area (Å²) >= 11 is 0. The summed E-state index contributed by atoms with van der Waals surface area (Å²) in [7, 11) is 3.20. The maximum atomic E-state index is 13.0. The first-order chi connectivity index (χ1) is 17.5. The van der Waals surface area contributed by atoms with E-state index >= 15 is 0 Å². The predicted molar refractivity (Wildman–Crippen MR) is 134 cm³/mol. The zero-order chi connectivity index (χ0) is 25.5. The number of carbonyl (C=O) groups excluding carboxylic acids is 2. The largest absolute Gasteiger partial charge is 0.493 e. The van der Waals surface area contributed by atoms with Crippen molar-refractivity contribution < 1.29 is 23.5 Å². The van der Waals surface area contributed by atoms with Crippen LogP contribution in [-0.4, -0.2) is 78.8 Å². The topological polar surface area (TPSA) is 101 Å². The molecule has 0 unspecified atom stereocenters. The van der Waals surface area contributed by atoms with Gasteiger partial charge in [-0.05, 0) is 48.9 Å². The number of hydrogen-bond donors (Lipinski definition) is 0. The summed E-state index contributed by atoms with van der Waals surface area (Å²) in [6.07, 6.45) is 2.35. The molecule has 10 nitrogen and oxygen atoms in total. The Balaban J connectivity index is 1.37. The van der Waals surface area contributed by atoms with Gasteiger partial charge in [-0.3, -0.25) is 9.59 Å². The molecule has 10 heteroatoms. The fourth-order valence-corrected chi connectivity index (χ4v) is 4.17. The molecule has 0 radical (unpaired) electrons. The molecule has 1 saturated heterocycles. The molecule has 36 heavy (non-hydrogen) atoms. The van der Waals surface area contributed by atoms with Gasteiger partial charge < -0.3 is 28.6 Å². The van der Waals surface area contributed by atoms with Gasteiger partial charge in [0, 0.05) is 38.7 Å². The molecule has 3 aromatic rings. The van der Waals surface area contributed by atoms with Gasteiger partial charge in [0.15, 0.2) is 17.3 Å². The van der Waals surface area contributed by atoms with E-state index in [0.717, 1.165) is 30.0 Å². The van der Waals surface area contributed by atoms with Gasteiger partial charge in [0.25, 0.3) is 0 Å². The number of hydrogen-bond acceptors (Lipinski definition) is 8. The van der Waals surface area contributed by atoms with Crippen LogP contribution in [0.5, 0.6) is 11.5 Å². The molecule has 0 N–H and O–H groups in total. The monoisotopic (exact) mass is 493 g/mol. The number of carbonyl (C=O) groups is 2. The Morgan fingerprint density at radius 1 is 1.00 bits per heavy atom. The summed E-state index contributed by atoms with van der Waals surface area (Å²) in [6.45, 7) is 4.32. The number of benzene rings is 1. The van der Waals surface area contributed by atoms with Gasteiger partial charge in [-0.1, -0.05) is 0 Å². The van der Waals surface area contributed by atoms with Gasteiger partial charge in [0.2, 0.25) is 11.8 Å². The quantitative estimate of drug-likeness (QED) is 0.472. The highest BCUT2D eigenvalue weighted by Crippen LogP contribution is 2.31. The second-order valence-electron chi connectivity index (χ2n) is 8.52. The molecule has 1 aromatic carbocycles. The van der Waals surface area contributed by atoms with Crippen molar-refractivity contribution in [2.24, 2.45) is 0 Å². The van der Waals surface area contributed by atoms with E-state index in [1.807, 2.05) is 35.2 Å². The number of rotatable bonds is 8. The van der Waals surface area contributed by atoms with Gasteiger partial charge in [-0.25, -0.2) is 0 Å². The molecule has 0 saturated carbocycles. The lowest BCUT2D eigenvalue weighted by molar-refractivity contribution is -0.139. The zero-order valence-corrected chi connectivity index (χ0v) is 20.8. The Morgan fingerprint density at radius 3 is 2.50 bits per heavy atom. The number of furan rings is 1. The van der Waals surface area contributed by atoms with Crippen molar-refractivity contribution in [1.29, 1.82) is 0 Å². The summed E-state index contributed by atoms with van der Waals surface area (Å²) in [5.41, 5.74) is 1.61. The van der Waals surface area contributed by atoms with Crippen LogP contribution < -0.4 is 14.4 Å². The lowest BCUT2D eigenvalue weighted by atomic mass is 10.1. The van der Waals surface area contributed by atoms with E-state index in [1.165, 1.54) is 11.8 Å². The van der Waals surface area contributed by atoms with E-state index in [9.17, 15) is 9.59 Å². The number of methoxy groups -OCH3 is 2. The van der Waals surface area contributed by atoms with Gasteiger partial charge in [-0.15, -0.1) is 10.2 Å². The van der Waals surface area contributed by atoms with Crippen molar-refractivity contribution >= 4 is 17.6 Å². The summed E-state index contributed by atoms with van der Waals surface area (Å²) in [5.74, 6) is 2.45. The van der Waals surface area contributed by atoms with Crippen molar-refractivity contribution in [3.8, 4) is 22.8 Å². The summed E-state index contributed by atoms with van der Waals surface area (Å²) in [6, 6.07) is 13.1. The molecule has 2 aromatic heterocycles. The third-order valence-corrected chi connectivity index (χ3v) is 6.20. The van der Waals surface area contributed by atoms with Crippen LogP contribution in [0.2, 0.25) is 0 Å². The third-order valence-electron chi connectivity index (χ3n) is 6.20. The van der Waals surface area contributed by atoms with Crippen LogP contribution in [0.25, 0.3) is 11.3 Å². The normalized spacial score (nSPS) is 13.8. The van der Waals surface area contributed by atoms with E-state index in [1.54, 1.807) is 32.6 Å². The molecule has 190 valence electrons. The Hall–Kier alpha value is -4.08. The number of amides is 2. The SMILES string of the molecule is COc1ccc(-c2ccc(N3CCCN(C(=O)CN(Cc4ccco4)C(C)=O)CC3)nn2)cc1OC. The maximum absolute atomic E-state index is 13.0. The molecule has 0 atom stereocenters. The summed E-state index contributed by atoms with van der Waals surface area (Å²) in [4.78, 5) is 30.5. The number of nitrogens with zero attached hydrogens (tertiary/aromatic N) is 5. The van der Waals surface area contributed by atoms with E-state index in [2.05, 4.69) is 15.1 Å². The van der Waals surface area contributed by atoms with Gasteiger partial charge in [0.1, 0.15) is 12.3 Å². The summed E-state index contributed by atoms with van der Waals surface area (Å²) < 4.78 is 16.0. The predicted octanol–water partition coefficient (Wildman–Crippen LogP) is 2.84. The number of aromatic nitrogens is 2. The first-order valence-corrected chi connectivity index (χ1v) is 11.8. The molecule has 0 aliphatic carbocycles. The van der Waals surface area contributed by atoms with E-state index in [4.69, 9.17) is 13.9 Å². The third kappa shape index (κ3) is 5.94. The lowest BCUT2D eigenvalue weighted by Gasteiger charge is -2.26. The maximum Gasteiger partial charge on any atom is 0.242 e. The highest BCUT2D eigenvalue weighted by molar-refractivity contribution is 5.84. The van der Waals surface area contributed by atoms with E-state index < -0.39 is 0 Å². The molecule has 1 fully saturated rings. The van der Waals surface area contributed by atoms with Crippen molar-refractivity contribution in [3.63, 3.8) is 0 Å². The van der Waals surface area contributed by atoms with Crippen molar-refractivity contribution in [1.82, 2.24) is 20.0 Å². The highest BCUT2D eigenvalue weighted by Gasteiger charge is 2.23. The van der Waals surface area contributed by atoms with Gasteiger partial charge in [0.05, 0.1) is 32.7 Å². The fourth-order valence-electron chi connectivity index (χ4n) is 4.17. The van der Waals surface area contributed by atoms with Crippen molar-refractivity contribution in [3.05, 3.63) is 54.5 Å². The van der Waals surface area contributed by atoms with Crippen LogP contribution in [0.3, 0.4) is 0 Å². The minimum absolute atomic E-state index is 0.0237. The smallest absolute Gasteiger partial charge is 0.242 e. The second kappa shape index (κ2) is 11.6. The average Bonchev–Trinajstić information content (AvgIpc) is 3.29. The molecule has 0 bridgehead atoms. The number of ether oxygens (including phenoxy) is 2. The number of anilines is 1. The Labute approximate surface area is 210 Å². The van der Waals surface area contributed by atoms with Crippen LogP contribution >= 0.6 is 0 Å². The van der Waals surface area contributed by atoms with Crippen LogP contribution in [0.1, 0.15) is 19.1 Å². The minimum atomic E-state index is -0.166. The van der Waals surface area contributed by atoms with Crippen molar-refractivity contribution in [2.75, 3.05) is 51.8 Å². The Bertz CT molecular complexity index is 1170. The fraction of sp³-hybridized carbons (Fsp3) is 0.385. The molecule has 0 spiro atoms. The molecule has 4 rings (SSSR count). The standard InChI is InChI=1S/C26H31N5O5/c1-19(32)31(17-21-6-4-15-36-21)18-26(33)30-12-5-11-29(13-14-30)25-10-8-22(27-28-25)20-7-9-23(34-2)24(16-20)35-3/h4,6-10,15-16H,5,11-14,17-18H2,1-3H3. The first-order valence-electron chi connectivity index (χ1n) is 11.8. The highest BCUT2D eigenvalue weighted by atomic mass is 16.5. The Kier molecular flexibility index (Phi) is 8.04. The van der Waals surface area contributed by atoms with E-state index in [0.29, 0.717) is 36.9 Å². The zero-order valence-electron chi connectivity index (χ0n) is 20.8. The molecule has 2 amide bonds. The molecule has 3 heterocycles. The second-order valence-corrected chi connectivity index (χ2v) is 8.52. The molecule has 1 aliphatic heterocycles. The first kappa shape index (κ1) is 25.0. The molecular formula is C26H31N5O5. The van der Waals surface area contributed by atoms with Crippen LogP contribution in [0.4, 0.5) is 5.82 Å². The molecular weight excluding hydrogens is 462 g/mol. The Morgan fingerprint density at radius 2 is 1.83 bits per heavy atom. The lowest BCUT2D eigenvalue weighted by Crippen LogP contribution is -2.43. The average molecular weight is 494 g/mol.